The summed E-state index contributed by atoms with van der Waals surface area (Å²) in [6.45, 7) is 0.700. The Hall–Kier alpha value is -0.980. The lowest BCUT2D eigenvalue weighted by Crippen LogP contribution is -2.16. The molecule has 19 heavy (non-hydrogen) atoms. The van der Waals surface area contributed by atoms with Crippen LogP contribution in [0, 0.1) is 5.82 Å². The zero-order valence-corrected chi connectivity index (χ0v) is 13.2. The minimum atomic E-state index is -0.392. The van der Waals surface area contributed by atoms with Crippen molar-refractivity contribution in [3.8, 4) is 0 Å². The van der Waals surface area contributed by atoms with Crippen molar-refractivity contribution in [1.29, 1.82) is 0 Å². The maximum Gasteiger partial charge on any atom is 0.135 e. The second kappa shape index (κ2) is 6.45. The van der Waals surface area contributed by atoms with Gasteiger partial charge in [0.1, 0.15) is 10.8 Å². The van der Waals surface area contributed by atoms with Gasteiger partial charge in [-0.25, -0.2) is 4.39 Å². The molecule has 0 unspecified atom stereocenters. The lowest BCUT2D eigenvalue weighted by atomic mass is 10.1. The van der Waals surface area contributed by atoms with E-state index in [0.717, 1.165) is 10.2 Å². The summed E-state index contributed by atoms with van der Waals surface area (Å²) in [5.74, 6) is -0.392. The number of nitrogens with two attached hydrogens (primary N) is 1. The molecule has 0 saturated carbocycles. The average Bonchev–Trinajstić information content (AvgIpc) is 2.74. The predicted octanol–water partition coefficient (Wildman–Crippen LogP) is 3.94. The Balaban J connectivity index is 2.03. The number of hydrogen-bond acceptors (Lipinski definition) is 3. The van der Waals surface area contributed by atoms with Gasteiger partial charge in [0.2, 0.25) is 0 Å². The highest BCUT2D eigenvalue weighted by Crippen LogP contribution is 2.23. The molecule has 100 valence electrons. The maximum absolute atomic E-state index is 13.6. The molecule has 0 radical (unpaired) electrons. The SMILES string of the molecule is NC(=S)c1c(F)cccc1NCCc1ccc(Br)s1. The molecule has 2 rings (SSSR count). The van der Waals surface area contributed by atoms with Crippen LogP contribution in [0.15, 0.2) is 34.1 Å². The van der Waals surface area contributed by atoms with Gasteiger partial charge in [0.15, 0.2) is 0 Å². The van der Waals surface area contributed by atoms with Gasteiger partial charge in [-0.2, -0.15) is 0 Å². The molecule has 0 saturated heterocycles. The van der Waals surface area contributed by atoms with E-state index in [9.17, 15) is 4.39 Å². The molecule has 0 amide bonds. The van der Waals surface area contributed by atoms with Gasteiger partial charge in [-0.05, 0) is 46.6 Å². The number of rotatable bonds is 5. The molecule has 6 heteroatoms. The molecule has 3 N–H and O–H groups in total. The van der Waals surface area contributed by atoms with Crippen LogP contribution in [-0.2, 0) is 6.42 Å². The summed E-state index contributed by atoms with van der Waals surface area (Å²) in [6, 6.07) is 8.86. The van der Waals surface area contributed by atoms with Gasteiger partial charge < -0.3 is 11.1 Å². The van der Waals surface area contributed by atoms with E-state index in [-0.39, 0.29) is 10.6 Å². The highest BCUT2D eigenvalue weighted by atomic mass is 79.9. The van der Waals surface area contributed by atoms with Crippen molar-refractivity contribution in [2.45, 2.75) is 6.42 Å². The largest absolute Gasteiger partial charge is 0.389 e. The highest BCUT2D eigenvalue weighted by Gasteiger charge is 2.10. The molecule has 0 atom stereocenters. The Bertz CT molecular complexity index is 598. The molecule has 2 nitrogen and oxygen atoms in total. The van der Waals surface area contributed by atoms with Crippen LogP contribution < -0.4 is 11.1 Å². The van der Waals surface area contributed by atoms with Gasteiger partial charge >= 0.3 is 0 Å². The number of thiocarbonyl (C=S) groups is 1. The first kappa shape index (κ1) is 14.4. The molecule has 1 heterocycles. The summed E-state index contributed by atoms with van der Waals surface area (Å²) in [6.07, 6.45) is 0.865. The van der Waals surface area contributed by atoms with Crippen LogP contribution in [0.4, 0.5) is 10.1 Å². The molecule has 0 aliphatic rings. The molecule has 0 bridgehead atoms. The Kier molecular flexibility index (Phi) is 4.90. The molecule has 1 aromatic heterocycles. The van der Waals surface area contributed by atoms with Gasteiger partial charge in [0.25, 0.3) is 0 Å². The molecule has 2 aromatic rings. The average molecular weight is 359 g/mol. The van der Waals surface area contributed by atoms with Crippen LogP contribution >= 0.6 is 39.5 Å². The maximum atomic E-state index is 13.6. The van der Waals surface area contributed by atoms with Crippen molar-refractivity contribution in [2.24, 2.45) is 5.73 Å². The second-order valence-corrected chi connectivity index (χ2v) is 6.90. The first-order valence-corrected chi connectivity index (χ1v) is 7.66. The number of anilines is 1. The minimum Gasteiger partial charge on any atom is -0.389 e. The smallest absolute Gasteiger partial charge is 0.135 e. The first-order valence-electron chi connectivity index (χ1n) is 5.64. The van der Waals surface area contributed by atoms with E-state index in [1.807, 2.05) is 6.07 Å². The van der Waals surface area contributed by atoms with Crippen LogP contribution in [0.5, 0.6) is 0 Å². The summed E-state index contributed by atoms with van der Waals surface area (Å²) in [7, 11) is 0. The third-order valence-corrected chi connectivity index (χ3v) is 4.46. The van der Waals surface area contributed by atoms with Gasteiger partial charge in [-0.1, -0.05) is 18.3 Å². The zero-order valence-electron chi connectivity index (χ0n) is 9.95. The van der Waals surface area contributed by atoms with Crippen molar-refractivity contribution < 1.29 is 4.39 Å². The van der Waals surface area contributed by atoms with Crippen molar-refractivity contribution in [3.63, 3.8) is 0 Å². The van der Waals surface area contributed by atoms with E-state index in [0.29, 0.717) is 12.2 Å². The molecule has 1 aromatic carbocycles. The summed E-state index contributed by atoms with van der Waals surface area (Å²) in [4.78, 5) is 1.33. The number of nitrogens with one attached hydrogen (secondary N) is 1. The van der Waals surface area contributed by atoms with Crippen LogP contribution in [-0.4, -0.2) is 11.5 Å². The fourth-order valence-corrected chi connectivity index (χ4v) is 3.42. The van der Waals surface area contributed by atoms with Gasteiger partial charge in [-0.3, -0.25) is 0 Å². The van der Waals surface area contributed by atoms with Crippen LogP contribution in [0.3, 0.4) is 0 Å². The van der Waals surface area contributed by atoms with Crippen molar-refractivity contribution in [3.05, 3.63) is 50.4 Å². The molecular weight excluding hydrogens is 347 g/mol. The van der Waals surface area contributed by atoms with Crippen molar-refractivity contribution in [2.75, 3.05) is 11.9 Å². The lowest BCUT2D eigenvalue weighted by Gasteiger charge is -2.11. The Labute approximate surface area is 129 Å². The molecule has 0 aliphatic carbocycles. The summed E-state index contributed by atoms with van der Waals surface area (Å²) < 4.78 is 14.8. The van der Waals surface area contributed by atoms with E-state index in [4.69, 9.17) is 18.0 Å². The van der Waals surface area contributed by atoms with Crippen LogP contribution in [0.2, 0.25) is 0 Å². The Morgan fingerprint density at radius 2 is 2.16 bits per heavy atom. The van der Waals surface area contributed by atoms with E-state index in [1.54, 1.807) is 23.5 Å². The minimum absolute atomic E-state index is 0.0690. The number of thiophene rings is 1. The third-order valence-electron chi connectivity index (χ3n) is 2.58. The summed E-state index contributed by atoms with van der Waals surface area (Å²) in [5, 5.41) is 3.18. The second-order valence-electron chi connectivity index (χ2n) is 3.91. The Morgan fingerprint density at radius 3 is 2.79 bits per heavy atom. The fraction of sp³-hybridized carbons (Fsp3) is 0.154. The highest BCUT2D eigenvalue weighted by molar-refractivity contribution is 9.11. The standard InChI is InChI=1S/C13H12BrFN2S2/c14-11-5-4-8(19-11)6-7-17-10-3-1-2-9(15)12(10)13(16)18/h1-5,17H,6-7H2,(H2,16,18). The van der Waals surface area contributed by atoms with Crippen LogP contribution in [0.25, 0.3) is 0 Å². The monoisotopic (exact) mass is 358 g/mol. The summed E-state index contributed by atoms with van der Waals surface area (Å²) in [5.41, 5.74) is 6.47. The molecule has 0 fully saturated rings. The predicted molar refractivity (Wildman–Crippen MR) is 86.5 cm³/mol. The van der Waals surface area contributed by atoms with E-state index < -0.39 is 5.82 Å². The van der Waals surface area contributed by atoms with Crippen molar-refractivity contribution in [1.82, 2.24) is 0 Å². The van der Waals surface area contributed by atoms with Crippen molar-refractivity contribution >= 4 is 50.2 Å². The van der Waals surface area contributed by atoms with E-state index >= 15 is 0 Å². The van der Waals surface area contributed by atoms with Crippen LogP contribution in [0.1, 0.15) is 10.4 Å². The van der Waals surface area contributed by atoms with E-state index in [2.05, 4.69) is 27.3 Å². The van der Waals surface area contributed by atoms with E-state index in [1.165, 1.54) is 10.9 Å². The first-order chi connectivity index (χ1) is 9.08. The van der Waals surface area contributed by atoms with Gasteiger partial charge in [0.05, 0.1) is 9.35 Å². The summed E-state index contributed by atoms with van der Waals surface area (Å²) >= 11 is 9.99. The number of hydrogen-bond donors (Lipinski definition) is 2. The number of benzene rings is 1. The third kappa shape index (κ3) is 3.75. The normalized spacial score (nSPS) is 10.4. The molecule has 0 spiro atoms. The molecular formula is C13H12BrFN2S2. The van der Waals surface area contributed by atoms with Gasteiger partial charge in [-0.15, -0.1) is 11.3 Å². The van der Waals surface area contributed by atoms with Gasteiger partial charge in [0, 0.05) is 17.1 Å². The zero-order chi connectivity index (χ0) is 13.8. The Morgan fingerprint density at radius 1 is 1.37 bits per heavy atom. The molecule has 0 aliphatic heterocycles. The fourth-order valence-electron chi connectivity index (χ4n) is 1.73. The topological polar surface area (TPSA) is 38.0 Å². The lowest BCUT2D eigenvalue weighted by molar-refractivity contribution is 0.626. The quantitative estimate of drug-likeness (QED) is 0.795. The number of halogens is 2.